The molecule has 4 heterocycles. The monoisotopic (exact) mass is 530 g/mol. The summed E-state index contributed by atoms with van der Waals surface area (Å²) in [5.41, 5.74) is 18.3. The van der Waals surface area contributed by atoms with Crippen molar-refractivity contribution in [1.29, 1.82) is 0 Å². The van der Waals surface area contributed by atoms with Gasteiger partial charge in [-0.15, -0.1) is 0 Å². The van der Waals surface area contributed by atoms with E-state index in [1.807, 2.05) is 49.5 Å². The summed E-state index contributed by atoms with van der Waals surface area (Å²) in [5, 5.41) is 7.69. The first-order valence-electron chi connectivity index (χ1n) is 13.4. The lowest BCUT2D eigenvalue weighted by molar-refractivity contribution is -0.116. The van der Waals surface area contributed by atoms with Gasteiger partial charge in [0.05, 0.1) is 23.6 Å². The summed E-state index contributed by atoms with van der Waals surface area (Å²) in [6.07, 6.45) is 21.8. The van der Waals surface area contributed by atoms with Crippen LogP contribution >= 0.6 is 0 Å². The number of rotatable bonds is 6. The van der Waals surface area contributed by atoms with Gasteiger partial charge < -0.3 is 21.5 Å². The van der Waals surface area contributed by atoms with Crippen molar-refractivity contribution in [2.75, 3.05) is 5.32 Å². The molecule has 9 nitrogen and oxygen atoms in total. The Bertz CT molecular complexity index is 1640. The number of nitrogens with one attached hydrogen (secondary N) is 3. The molecule has 1 amide bonds. The van der Waals surface area contributed by atoms with Crippen LogP contribution in [0, 0.1) is 0 Å². The number of fused-ring (bicyclic) bond motifs is 3. The number of hydrogen-bond acceptors (Lipinski definition) is 7. The van der Waals surface area contributed by atoms with Crippen LogP contribution in [0.2, 0.25) is 0 Å². The second-order valence-corrected chi connectivity index (χ2v) is 9.99. The van der Waals surface area contributed by atoms with E-state index in [-0.39, 0.29) is 11.9 Å². The SMILES string of the molecule is CCCC(=O)Nc1cncc(C2=C/C=C/C3C/C(=C\2)C(c2nc4c([nH]2)CC(N)=CC=C4c2cccnc2)=NN3)c1. The number of carbonyl (C=O) groups is 1. The zero-order valence-electron chi connectivity index (χ0n) is 22.2. The average molecular weight is 531 g/mol. The van der Waals surface area contributed by atoms with Crippen LogP contribution in [-0.4, -0.2) is 37.6 Å². The fraction of sp³-hybridized carbons (Fsp3) is 0.194. The summed E-state index contributed by atoms with van der Waals surface area (Å²) in [6.45, 7) is 1.98. The first kappa shape index (κ1) is 25.2. The van der Waals surface area contributed by atoms with E-state index in [0.29, 0.717) is 24.4 Å². The number of allylic oxidation sites excluding steroid dienone is 7. The summed E-state index contributed by atoms with van der Waals surface area (Å²) < 4.78 is 0. The predicted octanol–water partition coefficient (Wildman–Crippen LogP) is 4.41. The van der Waals surface area contributed by atoms with E-state index in [1.54, 1.807) is 18.6 Å². The summed E-state index contributed by atoms with van der Waals surface area (Å²) in [6, 6.07) is 5.95. The lowest BCUT2D eigenvalue weighted by Gasteiger charge is -2.24. The molecule has 200 valence electrons. The number of hydrogen-bond donors (Lipinski definition) is 4. The third kappa shape index (κ3) is 5.26. The fourth-order valence-electron chi connectivity index (χ4n) is 5.03. The summed E-state index contributed by atoms with van der Waals surface area (Å²) in [4.78, 5) is 29.4. The van der Waals surface area contributed by atoms with E-state index in [0.717, 1.165) is 63.5 Å². The van der Waals surface area contributed by atoms with Crippen LogP contribution in [0.3, 0.4) is 0 Å². The third-order valence-electron chi connectivity index (χ3n) is 6.94. The van der Waals surface area contributed by atoms with Crippen molar-refractivity contribution < 1.29 is 4.79 Å². The molecule has 3 aromatic heterocycles. The Morgan fingerprint density at radius 1 is 1.15 bits per heavy atom. The topological polar surface area (TPSA) is 134 Å². The van der Waals surface area contributed by atoms with Crippen LogP contribution in [0.5, 0.6) is 0 Å². The van der Waals surface area contributed by atoms with Gasteiger partial charge in [0.2, 0.25) is 5.91 Å². The second-order valence-electron chi connectivity index (χ2n) is 9.99. The molecule has 0 saturated heterocycles. The van der Waals surface area contributed by atoms with Crippen LogP contribution in [0.4, 0.5) is 5.69 Å². The Labute approximate surface area is 232 Å². The number of nitrogens with zero attached hydrogens (tertiary/aromatic N) is 4. The standard InChI is InChI=1S/C31H30N8O/c1-2-5-28(40)35-25-14-22(17-34-18-25)19-6-3-8-24-13-21(12-19)29(39-38-24)31-36-27-15-23(32)9-10-26(30(27)37-31)20-7-4-11-33-16-20/h3-4,6-12,14,16-18,24,38H,2,5,13,15,32H2,1H3,(H,35,40)(H,36,37)/b8-3+,19-6+,21-12+. The van der Waals surface area contributed by atoms with E-state index < -0.39 is 0 Å². The lowest BCUT2D eigenvalue weighted by atomic mass is 9.93. The zero-order valence-corrected chi connectivity index (χ0v) is 22.2. The minimum Gasteiger partial charge on any atom is -0.402 e. The molecule has 2 aliphatic carbocycles. The first-order chi connectivity index (χ1) is 19.6. The fourth-order valence-corrected chi connectivity index (χ4v) is 5.03. The third-order valence-corrected chi connectivity index (χ3v) is 6.94. The largest absolute Gasteiger partial charge is 0.402 e. The molecule has 5 N–H and O–H groups in total. The Kier molecular flexibility index (Phi) is 6.93. The van der Waals surface area contributed by atoms with Crippen molar-refractivity contribution in [2.24, 2.45) is 10.8 Å². The van der Waals surface area contributed by atoms with E-state index in [2.05, 4.69) is 43.9 Å². The number of nitrogens with two attached hydrogens (primary N) is 1. The number of anilines is 1. The second kappa shape index (κ2) is 11.0. The highest BCUT2D eigenvalue weighted by Gasteiger charge is 2.26. The lowest BCUT2D eigenvalue weighted by Crippen LogP contribution is -2.32. The molecule has 3 aromatic rings. The number of aromatic amines is 1. The number of amides is 1. The minimum atomic E-state index is -0.0188. The molecule has 9 heteroatoms. The van der Waals surface area contributed by atoms with Crippen molar-refractivity contribution in [1.82, 2.24) is 25.4 Å². The highest BCUT2D eigenvalue weighted by Crippen LogP contribution is 2.31. The molecule has 0 saturated carbocycles. The molecule has 3 aliphatic rings. The predicted molar refractivity (Wildman–Crippen MR) is 157 cm³/mol. The van der Waals surface area contributed by atoms with E-state index >= 15 is 0 Å². The van der Waals surface area contributed by atoms with Gasteiger partial charge in [-0.1, -0.05) is 37.3 Å². The first-order valence-corrected chi connectivity index (χ1v) is 13.4. The van der Waals surface area contributed by atoms with Gasteiger partial charge >= 0.3 is 0 Å². The Balaban J connectivity index is 1.36. The molecule has 6 rings (SSSR count). The van der Waals surface area contributed by atoms with E-state index in [4.69, 9.17) is 15.8 Å². The molecular formula is C31H30N8O. The molecular weight excluding hydrogens is 500 g/mol. The molecule has 1 aliphatic heterocycles. The number of pyridine rings is 2. The summed E-state index contributed by atoms with van der Waals surface area (Å²) >= 11 is 0. The van der Waals surface area contributed by atoms with Crippen molar-refractivity contribution >= 4 is 28.5 Å². The van der Waals surface area contributed by atoms with Crippen molar-refractivity contribution in [2.45, 2.75) is 38.6 Å². The number of aromatic nitrogens is 4. The van der Waals surface area contributed by atoms with Gasteiger partial charge in [0.1, 0.15) is 5.71 Å². The molecule has 1 atom stereocenters. The summed E-state index contributed by atoms with van der Waals surface area (Å²) in [7, 11) is 0. The highest BCUT2D eigenvalue weighted by molar-refractivity contribution is 6.12. The van der Waals surface area contributed by atoms with Crippen LogP contribution in [-0.2, 0) is 11.2 Å². The highest BCUT2D eigenvalue weighted by atomic mass is 16.1. The van der Waals surface area contributed by atoms with Crippen LogP contribution < -0.4 is 16.5 Å². The van der Waals surface area contributed by atoms with Gasteiger partial charge in [-0.05, 0) is 41.9 Å². The average Bonchev–Trinajstić information content (AvgIpc) is 3.28. The number of hydrazone groups is 1. The number of H-pyrrole nitrogens is 1. The van der Waals surface area contributed by atoms with Crippen LogP contribution in [0.15, 0.2) is 95.8 Å². The van der Waals surface area contributed by atoms with E-state index in [9.17, 15) is 4.79 Å². The summed E-state index contributed by atoms with van der Waals surface area (Å²) in [5.74, 6) is 0.657. The van der Waals surface area contributed by atoms with Crippen molar-refractivity contribution in [3.63, 3.8) is 0 Å². The maximum Gasteiger partial charge on any atom is 0.224 e. The van der Waals surface area contributed by atoms with Crippen molar-refractivity contribution in [3.05, 3.63) is 119 Å². The normalized spacial score (nSPS) is 21.3. The Morgan fingerprint density at radius 3 is 2.90 bits per heavy atom. The van der Waals surface area contributed by atoms with Gasteiger partial charge in [0.25, 0.3) is 0 Å². The molecule has 2 bridgehead atoms. The molecule has 0 spiro atoms. The molecule has 1 unspecified atom stereocenters. The zero-order chi connectivity index (χ0) is 27.5. The molecule has 0 aromatic carbocycles. The maximum absolute atomic E-state index is 12.2. The van der Waals surface area contributed by atoms with Crippen LogP contribution in [0.25, 0.3) is 11.1 Å². The van der Waals surface area contributed by atoms with Gasteiger partial charge in [-0.2, -0.15) is 5.10 Å². The van der Waals surface area contributed by atoms with Crippen molar-refractivity contribution in [3.8, 4) is 0 Å². The van der Waals surface area contributed by atoms with Gasteiger partial charge in [0.15, 0.2) is 5.82 Å². The quantitative estimate of drug-likeness (QED) is 0.373. The molecule has 0 fully saturated rings. The maximum atomic E-state index is 12.2. The van der Waals surface area contributed by atoms with Crippen LogP contribution in [0.1, 0.15) is 54.5 Å². The smallest absolute Gasteiger partial charge is 0.224 e. The number of imidazole rings is 1. The van der Waals surface area contributed by atoms with Gasteiger partial charge in [-0.3, -0.25) is 14.8 Å². The minimum absolute atomic E-state index is 0.0188. The molecule has 0 radical (unpaired) electrons. The Morgan fingerprint density at radius 2 is 2.05 bits per heavy atom. The van der Waals surface area contributed by atoms with Gasteiger partial charge in [0, 0.05) is 65.9 Å². The number of carbonyl (C=O) groups excluding carboxylic acids is 1. The Hall–Kier alpha value is -5.05. The molecule has 40 heavy (non-hydrogen) atoms. The van der Waals surface area contributed by atoms with Gasteiger partial charge in [-0.25, -0.2) is 4.98 Å². The van der Waals surface area contributed by atoms with E-state index in [1.165, 1.54) is 0 Å².